The third kappa shape index (κ3) is 2.33. The Hall–Kier alpha value is -1.58. The average molecular weight is 276 g/mol. The molecule has 0 N–H and O–H groups in total. The van der Waals surface area contributed by atoms with Crippen molar-refractivity contribution in [2.45, 2.75) is 6.61 Å². The molecule has 2 heterocycles. The highest BCUT2D eigenvalue weighted by atomic mass is 35.5. The van der Waals surface area contributed by atoms with E-state index in [0.29, 0.717) is 11.8 Å². The molecule has 0 aliphatic heterocycles. The van der Waals surface area contributed by atoms with Crippen LogP contribution in [0.2, 0.25) is 5.15 Å². The van der Waals surface area contributed by atoms with E-state index < -0.39 is 0 Å². The van der Waals surface area contributed by atoms with Crippen LogP contribution >= 0.6 is 22.9 Å². The first-order valence-electron chi connectivity index (χ1n) is 5.52. The average Bonchev–Trinajstić information content (AvgIpc) is 2.82. The van der Waals surface area contributed by atoms with E-state index in [2.05, 4.69) is 22.5 Å². The largest absolute Gasteiger partial charge is 0.487 e. The summed E-state index contributed by atoms with van der Waals surface area (Å²) in [5, 5.41) is 3.86. The van der Waals surface area contributed by atoms with E-state index in [4.69, 9.17) is 16.3 Å². The van der Waals surface area contributed by atoms with Crippen molar-refractivity contribution < 1.29 is 4.74 Å². The number of benzene rings is 1. The molecule has 0 unspecified atom stereocenters. The summed E-state index contributed by atoms with van der Waals surface area (Å²) >= 11 is 7.46. The summed E-state index contributed by atoms with van der Waals surface area (Å²) in [6, 6.07) is 11.9. The predicted octanol–water partition coefficient (Wildman–Crippen LogP) is 4.53. The summed E-state index contributed by atoms with van der Waals surface area (Å²) in [6.07, 6.45) is 1.64. The molecule has 4 heteroatoms. The number of nitrogens with zero attached hydrogens (tertiary/aromatic N) is 1. The fourth-order valence-electron chi connectivity index (χ4n) is 1.75. The Labute approximate surface area is 114 Å². The van der Waals surface area contributed by atoms with Crippen LogP contribution in [0.15, 0.2) is 48.0 Å². The van der Waals surface area contributed by atoms with Gasteiger partial charge in [-0.15, -0.1) is 11.3 Å². The zero-order valence-electron chi connectivity index (χ0n) is 9.47. The monoisotopic (exact) mass is 275 g/mol. The molecule has 0 amide bonds. The van der Waals surface area contributed by atoms with E-state index in [0.717, 1.165) is 5.75 Å². The maximum atomic E-state index is 5.72. The van der Waals surface area contributed by atoms with E-state index in [-0.39, 0.29) is 0 Å². The van der Waals surface area contributed by atoms with Crippen molar-refractivity contribution in [1.82, 2.24) is 4.98 Å². The molecule has 0 bridgehead atoms. The number of hydrogen-bond acceptors (Lipinski definition) is 3. The molecule has 0 radical (unpaired) electrons. The minimum absolute atomic E-state index is 0.475. The number of halogens is 1. The van der Waals surface area contributed by atoms with Crippen LogP contribution in [0.4, 0.5) is 0 Å². The van der Waals surface area contributed by atoms with Crippen LogP contribution in [0.5, 0.6) is 5.75 Å². The van der Waals surface area contributed by atoms with Gasteiger partial charge in [0.05, 0.1) is 6.20 Å². The molecule has 2 aromatic heterocycles. The fourth-order valence-corrected chi connectivity index (χ4v) is 2.81. The smallest absolute Gasteiger partial charge is 0.138 e. The third-order valence-corrected chi connectivity index (χ3v) is 3.89. The van der Waals surface area contributed by atoms with Crippen molar-refractivity contribution in [2.75, 3.05) is 0 Å². The van der Waals surface area contributed by atoms with Crippen molar-refractivity contribution in [1.29, 1.82) is 0 Å². The van der Waals surface area contributed by atoms with Gasteiger partial charge in [-0.3, -0.25) is 0 Å². The number of ether oxygens (including phenoxy) is 1. The number of rotatable bonds is 3. The van der Waals surface area contributed by atoms with E-state index in [1.54, 1.807) is 23.6 Å². The van der Waals surface area contributed by atoms with E-state index in [1.807, 2.05) is 18.2 Å². The van der Waals surface area contributed by atoms with Gasteiger partial charge in [0.2, 0.25) is 0 Å². The maximum absolute atomic E-state index is 5.72. The van der Waals surface area contributed by atoms with Crippen molar-refractivity contribution in [3.63, 3.8) is 0 Å². The van der Waals surface area contributed by atoms with Crippen LogP contribution in [0.25, 0.3) is 10.1 Å². The highest BCUT2D eigenvalue weighted by Crippen LogP contribution is 2.26. The second-order valence-corrected chi connectivity index (χ2v) is 5.16. The van der Waals surface area contributed by atoms with Crippen LogP contribution in [0.3, 0.4) is 0 Å². The van der Waals surface area contributed by atoms with E-state index in [1.165, 1.54) is 15.6 Å². The van der Waals surface area contributed by atoms with Gasteiger partial charge in [0.15, 0.2) is 0 Å². The Morgan fingerprint density at radius 3 is 2.89 bits per heavy atom. The SMILES string of the molecule is Clc1ccc(OCc2csc3ccccc23)cn1. The van der Waals surface area contributed by atoms with Crippen LogP contribution in [-0.2, 0) is 6.61 Å². The Morgan fingerprint density at radius 1 is 1.17 bits per heavy atom. The summed E-state index contributed by atoms with van der Waals surface area (Å²) in [6.45, 7) is 0.549. The van der Waals surface area contributed by atoms with E-state index in [9.17, 15) is 0 Å². The lowest BCUT2D eigenvalue weighted by atomic mass is 10.2. The minimum Gasteiger partial charge on any atom is -0.487 e. The molecular weight excluding hydrogens is 266 g/mol. The fraction of sp³-hybridized carbons (Fsp3) is 0.0714. The lowest BCUT2D eigenvalue weighted by Crippen LogP contribution is -1.94. The highest BCUT2D eigenvalue weighted by Gasteiger charge is 2.04. The van der Waals surface area contributed by atoms with Gasteiger partial charge in [0, 0.05) is 10.3 Å². The Kier molecular flexibility index (Phi) is 3.17. The minimum atomic E-state index is 0.475. The van der Waals surface area contributed by atoms with Gasteiger partial charge in [0.25, 0.3) is 0 Å². The van der Waals surface area contributed by atoms with Crippen LogP contribution in [-0.4, -0.2) is 4.98 Å². The van der Waals surface area contributed by atoms with Gasteiger partial charge in [-0.2, -0.15) is 0 Å². The Bertz CT molecular complexity index is 663. The van der Waals surface area contributed by atoms with Gasteiger partial charge in [-0.25, -0.2) is 4.98 Å². The molecule has 0 aliphatic carbocycles. The summed E-state index contributed by atoms with van der Waals surface area (Å²) in [7, 11) is 0. The lowest BCUT2D eigenvalue weighted by molar-refractivity contribution is 0.307. The summed E-state index contributed by atoms with van der Waals surface area (Å²) in [5.74, 6) is 0.731. The molecule has 3 rings (SSSR count). The van der Waals surface area contributed by atoms with Gasteiger partial charge < -0.3 is 4.74 Å². The molecule has 2 nitrogen and oxygen atoms in total. The number of hydrogen-bond donors (Lipinski definition) is 0. The topological polar surface area (TPSA) is 22.1 Å². The number of thiophene rings is 1. The molecule has 3 aromatic rings. The van der Waals surface area contributed by atoms with Crippen molar-refractivity contribution >= 4 is 33.0 Å². The third-order valence-electron chi connectivity index (χ3n) is 2.66. The van der Waals surface area contributed by atoms with Gasteiger partial charge in [-0.05, 0) is 29.0 Å². The van der Waals surface area contributed by atoms with Gasteiger partial charge >= 0.3 is 0 Å². The second kappa shape index (κ2) is 4.96. The highest BCUT2D eigenvalue weighted by molar-refractivity contribution is 7.17. The molecule has 0 spiro atoms. The Balaban J connectivity index is 1.79. The van der Waals surface area contributed by atoms with Crippen molar-refractivity contribution in [3.05, 3.63) is 58.7 Å². The number of pyridine rings is 1. The summed E-state index contributed by atoms with van der Waals surface area (Å²) < 4.78 is 6.98. The summed E-state index contributed by atoms with van der Waals surface area (Å²) in [5.41, 5.74) is 1.20. The number of fused-ring (bicyclic) bond motifs is 1. The quantitative estimate of drug-likeness (QED) is 0.655. The Morgan fingerprint density at radius 2 is 2.06 bits per heavy atom. The first-order valence-corrected chi connectivity index (χ1v) is 6.78. The van der Waals surface area contributed by atoms with Crippen LogP contribution in [0.1, 0.15) is 5.56 Å². The molecule has 0 saturated heterocycles. The van der Waals surface area contributed by atoms with E-state index >= 15 is 0 Å². The number of aromatic nitrogens is 1. The van der Waals surface area contributed by atoms with Crippen molar-refractivity contribution in [2.24, 2.45) is 0 Å². The summed E-state index contributed by atoms with van der Waals surface area (Å²) in [4.78, 5) is 3.98. The molecule has 0 atom stereocenters. The molecular formula is C14H10ClNOS. The maximum Gasteiger partial charge on any atom is 0.138 e. The first kappa shape index (κ1) is 11.5. The van der Waals surface area contributed by atoms with Gasteiger partial charge in [0.1, 0.15) is 17.5 Å². The first-order chi connectivity index (χ1) is 8.83. The zero-order valence-corrected chi connectivity index (χ0v) is 11.0. The molecule has 90 valence electrons. The molecule has 18 heavy (non-hydrogen) atoms. The predicted molar refractivity (Wildman–Crippen MR) is 75.4 cm³/mol. The standard InChI is InChI=1S/C14H10ClNOS/c15-14-6-5-11(7-16-14)17-8-10-9-18-13-4-2-1-3-12(10)13/h1-7,9H,8H2. The van der Waals surface area contributed by atoms with Crippen LogP contribution < -0.4 is 4.74 Å². The van der Waals surface area contributed by atoms with Gasteiger partial charge in [-0.1, -0.05) is 29.8 Å². The molecule has 0 aliphatic rings. The molecule has 0 fully saturated rings. The second-order valence-electron chi connectivity index (χ2n) is 3.86. The normalized spacial score (nSPS) is 10.7. The van der Waals surface area contributed by atoms with Crippen molar-refractivity contribution in [3.8, 4) is 5.75 Å². The van der Waals surface area contributed by atoms with Crippen LogP contribution in [0, 0.1) is 0 Å². The molecule has 0 saturated carbocycles. The lowest BCUT2D eigenvalue weighted by Gasteiger charge is -2.04. The zero-order chi connectivity index (χ0) is 12.4. The molecule has 1 aromatic carbocycles.